The molecule has 0 atom stereocenters. The number of allylic oxidation sites excluding steroid dienone is 3. The summed E-state index contributed by atoms with van der Waals surface area (Å²) in [5.41, 5.74) is 1.76. The highest BCUT2D eigenvalue weighted by molar-refractivity contribution is 5.97. The Kier molecular flexibility index (Phi) is 20.5. The molecule has 0 aromatic carbocycles. The highest BCUT2D eigenvalue weighted by Gasteiger charge is 2.01. The van der Waals surface area contributed by atoms with Crippen LogP contribution in [0.5, 0.6) is 0 Å². The first kappa shape index (κ1) is 19.7. The third-order valence-corrected chi connectivity index (χ3v) is 1.30. The van der Waals surface area contributed by atoms with Gasteiger partial charge in [0.15, 0.2) is 5.78 Å². The van der Waals surface area contributed by atoms with E-state index in [-0.39, 0.29) is 5.78 Å². The minimum atomic E-state index is 0.161. The topological polar surface area (TPSA) is 17.1 Å². The predicted molar refractivity (Wildman–Crippen MR) is 71.2 cm³/mol. The lowest BCUT2D eigenvalue weighted by Crippen LogP contribution is -1.97. The second-order valence-electron chi connectivity index (χ2n) is 2.92. The van der Waals surface area contributed by atoms with Crippen molar-refractivity contribution in [2.45, 2.75) is 61.3 Å². The van der Waals surface area contributed by atoms with E-state index in [1.54, 1.807) is 0 Å². The zero-order chi connectivity index (χ0) is 12.9. The van der Waals surface area contributed by atoms with Crippen molar-refractivity contribution in [1.29, 1.82) is 0 Å². The molecule has 0 aromatic rings. The van der Waals surface area contributed by atoms with Crippen LogP contribution in [0.4, 0.5) is 0 Å². The summed E-state index contributed by atoms with van der Waals surface area (Å²) < 4.78 is 0. The Morgan fingerprint density at radius 1 is 1.13 bits per heavy atom. The molecule has 0 aromatic heterocycles. The molecule has 90 valence electrons. The van der Waals surface area contributed by atoms with Gasteiger partial charge in [0, 0.05) is 12.0 Å². The normalized spacial score (nSPS) is 7.40. The van der Waals surface area contributed by atoms with Gasteiger partial charge in [-0.1, -0.05) is 52.8 Å². The van der Waals surface area contributed by atoms with Gasteiger partial charge in [-0.25, -0.2) is 0 Å². The summed E-state index contributed by atoms with van der Waals surface area (Å²) >= 11 is 0. The highest BCUT2D eigenvalue weighted by Crippen LogP contribution is 2.04. The monoisotopic (exact) mass is 212 g/mol. The van der Waals surface area contributed by atoms with Crippen molar-refractivity contribution >= 4 is 5.78 Å². The van der Waals surface area contributed by atoms with Gasteiger partial charge in [-0.05, 0) is 20.3 Å². The Hall–Kier alpha value is -0.850. The summed E-state index contributed by atoms with van der Waals surface area (Å²) in [6.45, 7) is 17.6. The Bertz CT molecular complexity index is 184. The largest absolute Gasteiger partial charge is 0.294 e. The zero-order valence-corrected chi connectivity index (χ0v) is 11.6. The summed E-state index contributed by atoms with van der Waals surface area (Å²) in [5.74, 6) is 0.161. The molecule has 0 aliphatic rings. The fourth-order valence-corrected chi connectivity index (χ4v) is 0.817. The van der Waals surface area contributed by atoms with E-state index in [2.05, 4.69) is 6.58 Å². The smallest absolute Gasteiger partial charge is 0.162 e. The number of carbonyl (C=O) groups excluding carboxylic acids is 1. The van der Waals surface area contributed by atoms with Gasteiger partial charge in [-0.3, -0.25) is 4.79 Å². The van der Waals surface area contributed by atoms with Crippen LogP contribution in [0.3, 0.4) is 0 Å². The molecule has 1 nitrogen and oxygen atoms in total. The first-order chi connectivity index (χ1) is 7.07. The predicted octanol–water partition coefficient (Wildman–Crippen LogP) is 4.93. The van der Waals surface area contributed by atoms with E-state index in [1.807, 2.05) is 54.5 Å². The maximum absolute atomic E-state index is 11.1. The molecule has 0 spiro atoms. The molecule has 1 heteroatoms. The molecule has 0 amide bonds. The van der Waals surface area contributed by atoms with Crippen LogP contribution in [-0.4, -0.2) is 5.78 Å². The van der Waals surface area contributed by atoms with Crippen LogP contribution in [-0.2, 0) is 4.79 Å². The van der Waals surface area contributed by atoms with Gasteiger partial charge in [0.05, 0.1) is 0 Å². The van der Waals surface area contributed by atoms with Crippen LogP contribution in [0.25, 0.3) is 0 Å². The third-order valence-electron chi connectivity index (χ3n) is 1.30. The quantitative estimate of drug-likeness (QED) is 0.477. The van der Waals surface area contributed by atoms with Crippen molar-refractivity contribution in [2.24, 2.45) is 0 Å². The molecule has 0 radical (unpaired) electrons. The fourth-order valence-electron chi connectivity index (χ4n) is 0.817. The molecule has 0 N–H and O–H groups in total. The van der Waals surface area contributed by atoms with E-state index in [0.717, 1.165) is 12.0 Å². The first-order valence-electron chi connectivity index (χ1n) is 5.95. The molecule has 0 unspecified atom stereocenters. The summed E-state index contributed by atoms with van der Waals surface area (Å²) in [7, 11) is 0. The lowest BCUT2D eigenvalue weighted by atomic mass is 10.1. The molecule has 15 heavy (non-hydrogen) atoms. The first-order valence-corrected chi connectivity index (χ1v) is 5.95. The third kappa shape index (κ3) is 15.9. The number of hydrogen-bond donors (Lipinski definition) is 0. The average Bonchev–Trinajstić information content (AvgIpc) is 2.23. The number of rotatable bonds is 4. The molecular formula is C14H28O. The van der Waals surface area contributed by atoms with Crippen LogP contribution in [0.15, 0.2) is 23.8 Å². The number of Topliss-reactive ketones (excluding diaryl/α,β-unsaturated/α-hetero) is 1. The van der Waals surface area contributed by atoms with Crippen LogP contribution < -0.4 is 0 Å². The van der Waals surface area contributed by atoms with E-state index in [4.69, 9.17) is 0 Å². The number of ketones is 1. The fraction of sp³-hybridized carbons (Fsp3) is 0.643. The molecule has 0 saturated carbocycles. The van der Waals surface area contributed by atoms with E-state index < -0.39 is 0 Å². The van der Waals surface area contributed by atoms with Crippen molar-refractivity contribution in [2.75, 3.05) is 0 Å². The Morgan fingerprint density at radius 2 is 1.53 bits per heavy atom. The van der Waals surface area contributed by atoms with Crippen molar-refractivity contribution < 1.29 is 4.79 Å². The summed E-state index contributed by atoms with van der Waals surface area (Å²) in [6, 6.07) is 0. The zero-order valence-electron chi connectivity index (χ0n) is 11.6. The summed E-state index contributed by atoms with van der Waals surface area (Å²) in [6.07, 6.45) is 3.34. The van der Waals surface area contributed by atoms with Gasteiger partial charge >= 0.3 is 0 Å². The Balaban J connectivity index is -0.000000318. The SMILES string of the molecule is C=C(C=C(C)C)C(=O)CCC.CC.CC. The second-order valence-corrected chi connectivity index (χ2v) is 2.92. The standard InChI is InChI=1S/C10H16O.2C2H6/c1-5-6-10(11)9(4)7-8(2)3;2*1-2/h7H,4-6H2,1-3H3;2*1-2H3. The molecule has 0 rings (SSSR count). The van der Waals surface area contributed by atoms with Crippen LogP contribution >= 0.6 is 0 Å². The van der Waals surface area contributed by atoms with E-state index in [9.17, 15) is 4.79 Å². The maximum Gasteiger partial charge on any atom is 0.162 e. The summed E-state index contributed by atoms with van der Waals surface area (Å²) in [4.78, 5) is 11.1. The molecule has 0 aliphatic heterocycles. The molecule has 0 aliphatic carbocycles. The van der Waals surface area contributed by atoms with E-state index >= 15 is 0 Å². The average molecular weight is 212 g/mol. The molecule has 0 fully saturated rings. The van der Waals surface area contributed by atoms with Crippen LogP contribution in [0.2, 0.25) is 0 Å². The number of hydrogen-bond acceptors (Lipinski definition) is 1. The van der Waals surface area contributed by atoms with Crippen molar-refractivity contribution in [3.05, 3.63) is 23.8 Å². The van der Waals surface area contributed by atoms with Gasteiger partial charge in [-0.2, -0.15) is 0 Å². The van der Waals surface area contributed by atoms with Gasteiger partial charge < -0.3 is 0 Å². The summed E-state index contributed by atoms with van der Waals surface area (Å²) in [5, 5.41) is 0. The van der Waals surface area contributed by atoms with Crippen molar-refractivity contribution in [3.8, 4) is 0 Å². The molecule has 0 bridgehead atoms. The second kappa shape index (κ2) is 15.6. The van der Waals surface area contributed by atoms with Crippen molar-refractivity contribution in [1.82, 2.24) is 0 Å². The van der Waals surface area contributed by atoms with Crippen LogP contribution in [0.1, 0.15) is 61.3 Å². The molecular weight excluding hydrogens is 184 g/mol. The van der Waals surface area contributed by atoms with E-state index in [0.29, 0.717) is 12.0 Å². The highest BCUT2D eigenvalue weighted by atomic mass is 16.1. The van der Waals surface area contributed by atoms with Gasteiger partial charge in [-0.15, -0.1) is 0 Å². The Labute approximate surface area is 96.3 Å². The van der Waals surface area contributed by atoms with E-state index in [1.165, 1.54) is 0 Å². The van der Waals surface area contributed by atoms with Crippen molar-refractivity contribution in [3.63, 3.8) is 0 Å². The molecule has 0 heterocycles. The number of carbonyl (C=O) groups is 1. The lowest BCUT2D eigenvalue weighted by molar-refractivity contribution is -0.115. The van der Waals surface area contributed by atoms with Crippen LogP contribution in [0, 0.1) is 0 Å². The maximum atomic E-state index is 11.1. The van der Waals surface area contributed by atoms with Gasteiger partial charge in [0.2, 0.25) is 0 Å². The minimum absolute atomic E-state index is 0.161. The Morgan fingerprint density at radius 3 is 1.80 bits per heavy atom. The van der Waals surface area contributed by atoms with Gasteiger partial charge in [0.1, 0.15) is 0 Å². The minimum Gasteiger partial charge on any atom is -0.294 e. The van der Waals surface area contributed by atoms with Gasteiger partial charge in [0.25, 0.3) is 0 Å². The lowest BCUT2D eigenvalue weighted by Gasteiger charge is -1.97. The molecule has 0 saturated heterocycles.